The van der Waals surface area contributed by atoms with Crippen molar-refractivity contribution in [2.45, 2.75) is 40.0 Å². The van der Waals surface area contributed by atoms with Gasteiger partial charge >= 0.3 is 0 Å². The molecule has 0 spiro atoms. The van der Waals surface area contributed by atoms with Gasteiger partial charge < -0.3 is 0 Å². The lowest BCUT2D eigenvalue weighted by molar-refractivity contribution is -0.130. The summed E-state index contributed by atoms with van der Waals surface area (Å²) in [5, 5.41) is 0. The van der Waals surface area contributed by atoms with Gasteiger partial charge in [0, 0.05) is 53.5 Å². The second-order valence-corrected chi connectivity index (χ2v) is 7.45. The van der Waals surface area contributed by atoms with Crippen LogP contribution in [-0.2, 0) is 17.6 Å². The lowest BCUT2D eigenvalue weighted by Crippen LogP contribution is -2.32. The Morgan fingerprint density at radius 1 is 1.53 bits per heavy atom. The highest BCUT2D eigenvalue weighted by molar-refractivity contribution is 14.2. The molecule has 0 saturated heterocycles. The third kappa shape index (κ3) is 2.72. The summed E-state index contributed by atoms with van der Waals surface area (Å²) in [5.41, 5.74) is 2.56. The first-order chi connectivity index (χ1) is 7.93. The zero-order valence-corrected chi connectivity index (χ0v) is 13.5. The molecule has 1 aromatic heterocycles. The molecule has 1 aliphatic carbocycles. The standard InChI is InChI=1S/C13H18INOS/c1-13(2,3)12(16)10-5-4-9-6-7-15(17-14)11(9)8-10/h6-7,10H,4-5,8H2,1-3H3. The average molecular weight is 363 g/mol. The predicted octanol–water partition coefficient (Wildman–Crippen LogP) is 4.05. The van der Waals surface area contributed by atoms with Gasteiger partial charge in [0.15, 0.2) is 0 Å². The van der Waals surface area contributed by atoms with E-state index >= 15 is 0 Å². The van der Waals surface area contributed by atoms with E-state index in [2.05, 4.69) is 37.4 Å². The smallest absolute Gasteiger partial charge is 0.141 e. The van der Waals surface area contributed by atoms with Crippen LogP contribution in [0.15, 0.2) is 12.3 Å². The largest absolute Gasteiger partial charge is 0.299 e. The average Bonchev–Trinajstić information content (AvgIpc) is 2.68. The molecule has 0 aromatic carbocycles. The van der Waals surface area contributed by atoms with Gasteiger partial charge in [-0.2, -0.15) is 0 Å². The summed E-state index contributed by atoms with van der Waals surface area (Å²) in [7, 11) is 1.69. The monoisotopic (exact) mass is 363 g/mol. The molecular formula is C13H18INOS. The van der Waals surface area contributed by atoms with E-state index in [0.717, 1.165) is 19.3 Å². The Labute approximate surface area is 119 Å². The minimum absolute atomic E-state index is 0.208. The summed E-state index contributed by atoms with van der Waals surface area (Å²) in [6.07, 6.45) is 5.09. The Hall–Kier alpha value is 0.0300. The molecule has 0 fully saturated rings. The summed E-state index contributed by atoms with van der Waals surface area (Å²) < 4.78 is 2.19. The first-order valence-corrected chi connectivity index (χ1v) is 9.27. The molecule has 2 nitrogen and oxygen atoms in total. The molecular weight excluding hydrogens is 345 g/mol. The van der Waals surface area contributed by atoms with Gasteiger partial charge in [0.1, 0.15) is 5.78 Å². The van der Waals surface area contributed by atoms with Crippen molar-refractivity contribution in [1.82, 2.24) is 3.97 Å². The zero-order chi connectivity index (χ0) is 12.6. The Balaban J connectivity index is 2.20. The van der Waals surface area contributed by atoms with Gasteiger partial charge in [-0.15, -0.1) is 0 Å². The highest BCUT2D eigenvalue weighted by atomic mass is 127. The first kappa shape index (κ1) is 13.5. The number of Topliss-reactive ketones (excluding diaryl/α,β-unsaturated/α-hetero) is 1. The Morgan fingerprint density at radius 2 is 2.24 bits per heavy atom. The molecule has 1 aliphatic rings. The van der Waals surface area contributed by atoms with Gasteiger partial charge in [-0.05, 0) is 30.9 Å². The third-order valence-electron chi connectivity index (χ3n) is 3.43. The number of hydrogen-bond acceptors (Lipinski definition) is 2. The summed E-state index contributed by atoms with van der Waals surface area (Å²) in [4.78, 5) is 12.3. The highest BCUT2D eigenvalue weighted by Crippen LogP contribution is 2.34. The molecule has 0 bridgehead atoms. The van der Waals surface area contributed by atoms with Crippen LogP contribution in [0.3, 0.4) is 0 Å². The number of rotatable bonds is 2. The molecule has 0 aliphatic heterocycles. The minimum atomic E-state index is -0.211. The maximum Gasteiger partial charge on any atom is 0.141 e. The lowest BCUT2D eigenvalue weighted by atomic mass is 9.76. The van der Waals surface area contributed by atoms with Crippen molar-refractivity contribution in [3.63, 3.8) is 0 Å². The number of aryl methyl sites for hydroxylation is 1. The number of hydrogen-bond donors (Lipinski definition) is 0. The first-order valence-electron chi connectivity index (χ1n) is 5.96. The van der Waals surface area contributed by atoms with Crippen molar-refractivity contribution in [2.24, 2.45) is 11.3 Å². The number of halogens is 1. The summed E-state index contributed by atoms with van der Waals surface area (Å²) in [5.74, 6) is 0.619. The third-order valence-corrected chi connectivity index (χ3v) is 5.20. The number of carbonyl (C=O) groups is 1. The molecule has 4 heteroatoms. The van der Waals surface area contributed by atoms with E-state index in [9.17, 15) is 4.79 Å². The van der Waals surface area contributed by atoms with E-state index in [1.807, 2.05) is 20.8 Å². The fourth-order valence-corrected chi connectivity index (χ4v) is 3.99. The van der Waals surface area contributed by atoms with E-state index in [1.165, 1.54) is 11.3 Å². The fraction of sp³-hybridized carbons (Fsp3) is 0.615. The SMILES string of the molecule is CC(C)(C)C(=O)C1CCc2ccn(SI)c2C1. The van der Waals surface area contributed by atoms with Crippen LogP contribution in [0.5, 0.6) is 0 Å². The molecule has 1 heterocycles. The maximum absolute atomic E-state index is 12.3. The van der Waals surface area contributed by atoms with Crippen molar-refractivity contribution in [2.75, 3.05) is 0 Å². The number of fused-ring (bicyclic) bond motifs is 1. The van der Waals surface area contributed by atoms with Crippen LogP contribution >= 0.6 is 30.3 Å². The number of carbonyl (C=O) groups excluding carboxylic acids is 1. The molecule has 94 valence electrons. The maximum atomic E-state index is 12.3. The van der Waals surface area contributed by atoms with Gasteiger partial charge in [0.2, 0.25) is 0 Å². The normalized spacial score (nSPS) is 20.1. The number of aromatic nitrogens is 1. The van der Waals surface area contributed by atoms with Gasteiger partial charge in [0.05, 0.1) is 0 Å². The Morgan fingerprint density at radius 3 is 2.82 bits per heavy atom. The van der Waals surface area contributed by atoms with Crippen LogP contribution < -0.4 is 0 Å². The molecule has 0 saturated carbocycles. The summed E-state index contributed by atoms with van der Waals surface area (Å²) >= 11 is 2.29. The van der Waals surface area contributed by atoms with Gasteiger partial charge in [-0.1, -0.05) is 20.8 Å². The molecule has 1 atom stereocenters. The van der Waals surface area contributed by atoms with E-state index in [0.29, 0.717) is 5.78 Å². The Bertz CT molecular complexity index is 420. The predicted molar refractivity (Wildman–Crippen MR) is 81.4 cm³/mol. The van der Waals surface area contributed by atoms with E-state index in [-0.39, 0.29) is 11.3 Å². The van der Waals surface area contributed by atoms with Crippen LogP contribution in [0, 0.1) is 11.3 Å². The van der Waals surface area contributed by atoms with Crippen LogP contribution in [-0.4, -0.2) is 9.76 Å². The highest BCUT2D eigenvalue weighted by Gasteiger charge is 2.33. The molecule has 0 amide bonds. The molecule has 17 heavy (non-hydrogen) atoms. The molecule has 0 radical (unpaired) electrons. The van der Waals surface area contributed by atoms with Crippen molar-refractivity contribution in [3.05, 3.63) is 23.5 Å². The van der Waals surface area contributed by atoms with Gasteiger partial charge in [-0.25, -0.2) is 0 Å². The molecule has 1 aromatic rings. The number of ketones is 1. The quantitative estimate of drug-likeness (QED) is 0.740. The number of nitrogens with zero attached hydrogens (tertiary/aromatic N) is 1. The van der Waals surface area contributed by atoms with Crippen molar-refractivity contribution >= 4 is 36.1 Å². The van der Waals surface area contributed by atoms with Crippen molar-refractivity contribution in [3.8, 4) is 0 Å². The molecule has 1 unspecified atom stereocenters. The summed E-state index contributed by atoms with van der Waals surface area (Å²) in [6.45, 7) is 6.07. The zero-order valence-electron chi connectivity index (χ0n) is 10.5. The Kier molecular flexibility index (Phi) is 3.92. The van der Waals surface area contributed by atoms with Crippen LogP contribution in [0.1, 0.15) is 38.4 Å². The van der Waals surface area contributed by atoms with E-state index in [4.69, 9.17) is 0 Å². The van der Waals surface area contributed by atoms with Gasteiger partial charge in [0.25, 0.3) is 0 Å². The molecule has 2 rings (SSSR count). The summed E-state index contributed by atoms with van der Waals surface area (Å²) in [6, 6.07) is 2.19. The second-order valence-electron chi connectivity index (χ2n) is 5.74. The van der Waals surface area contributed by atoms with Gasteiger partial charge in [-0.3, -0.25) is 8.77 Å². The van der Waals surface area contributed by atoms with Crippen molar-refractivity contribution < 1.29 is 4.79 Å². The van der Waals surface area contributed by atoms with Crippen LogP contribution in [0.4, 0.5) is 0 Å². The lowest BCUT2D eigenvalue weighted by Gasteiger charge is -2.28. The molecule has 0 N–H and O–H groups in total. The minimum Gasteiger partial charge on any atom is -0.299 e. The van der Waals surface area contributed by atoms with E-state index < -0.39 is 0 Å². The van der Waals surface area contributed by atoms with E-state index in [1.54, 1.807) is 9.12 Å². The fourth-order valence-electron chi connectivity index (χ4n) is 2.50. The van der Waals surface area contributed by atoms with Crippen molar-refractivity contribution in [1.29, 1.82) is 0 Å². The van der Waals surface area contributed by atoms with Crippen LogP contribution in [0.2, 0.25) is 0 Å². The second kappa shape index (κ2) is 4.96. The topological polar surface area (TPSA) is 22.0 Å². The van der Waals surface area contributed by atoms with Crippen LogP contribution in [0.25, 0.3) is 0 Å².